The first-order valence-corrected chi connectivity index (χ1v) is 5.10. The molecule has 0 amide bonds. The minimum atomic E-state index is -4.74. The van der Waals surface area contributed by atoms with Crippen LogP contribution in [0.3, 0.4) is 0 Å². The highest BCUT2D eigenvalue weighted by Gasteiger charge is 2.31. The van der Waals surface area contributed by atoms with Gasteiger partial charge in [0.1, 0.15) is 5.75 Å². The maximum absolute atomic E-state index is 12.0. The second-order valence-electron chi connectivity index (χ2n) is 3.72. The number of alkyl halides is 3. The lowest BCUT2D eigenvalue weighted by Gasteiger charge is -2.14. The van der Waals surface area contributed by atoms with E-state index in [2.05, 4.69) is 10.1 Å². The number of carbonyl (C=O) groups is 1. The zero-order valence-electron chi connectivity index (χ0n) is 9.49. The Morgan fingerprint density at radius 3 is 2.72 bits per heavy atom. The molecule has 0 bridgehead atoms. The first-order chi connectivity index (χ1) is 8.26. The quantitative estimate of drug-likeness (QED) is 0.857. The summed E-state index contributed by atoms with van der Waals surface area (Å²) in [6, 6.07) is 4.84. The van der Waals surface area contributed by atoms with Crippen LogP contribution in [0.2, 0.25) is 0 Å². The lowest BCUT2D eigenvalue weighted by molar-refractivity contribution is -0.274. The van der Waals surface area contributed by atoms with Crippen LogP contribution in [0.4, 0.5) is 18.9 Å². The van der Waals surface area contributed by atoms with Gasteiger partial charge in [-0.25, -0.2) is 0 Å². The van der Waals surface area contributed by atoms with Crippen LogP contribution in [0.1, 0.15) is 13.3 Å². The fourth-order valence-electron chi connectivity index (χ4n) is 1.38. The average Bonchev–Trinajstić information content (AvgIpc) is 2.13. The van der Waals surface area contributed by atoms with Gasteiger partial charge in [0.2, 0.25) is 0 Å². The summed E-state index contributed by atoms with van der Waals surface area (Å²) in [5, 5.41) is 11.3. The summed E-state index contributed by atoms with van der Waals surface area (Å²) in [5.41, 5.74) is 0.366. The number of benzene rings is 1. The summed E-state index contributed by atoms with van der Waals surface area (Å²) < 4.78 is 39.7. The standard InChI is InChI=1S/C11H12F3NO3/c1-7(5-10(16)17)15-8-3-2-4-9(6-8)18-11(12,13)14/h2-4,6-7,15H,5H2,1H3,(H,16,17). The average molecular weight is 263 g/mol. The molecular formula is C11H12F3NO3. The van der Waals surface area contributed by atoms with Gasteiger partial charge in [-0.2, -0.15) is 0 Å². The number of carboxylic acid groups (broad SMARTS) is 1. The van der Waals surface area contributed by atoms with Gasteiger partial charge in [-0.1, -0.05) is 6.07 Å². The highest BCUT2D eigenvalue weighted by atomic mass is 19.4. The van der Waals surface area contributed by atoms with Gasteiger partial charge in [-0.05, 0) is 19.1 Å². The van der Waals surface area contributed by atoms with Crippen molar-refractivity contribution in [2.45, 2.75) is 25.7 Å². The predicted octanol–water partition coefficient (Wildman–Crippen LogP) is 2.86. The Morgan fingerprint density at radius 1 is 1.50 bits per heavy atom. The number of hydrogen-bond donors (Lipinski definition) is 2. The Labute approximate surface area is 101 Å². The molecule has 0 aliphatic heterocycles. The summed E-state index contributed by atoms with van der Waals surface area (Å²) in [6.07, 6.45) is -4.88. The summed E-state index contributed by atoms with van der Waals surface area (Å²) >= 11 is 0. The van der Waals surface area contributed by atoms with Crippen LogP contribution in [-0.2, 0) is 4.79 Å². The molecule has 0 fully saturated rings. The van der Waals surface area contributed by atoms with E-state index in [1.165, 1.54) is 18.2 Å². The molecule has 0 heterocycles. The van der Waals surface area contributed by atoms with Gasteiger partial charge in [0, 0.05) is 17.8 Å². The SMILES string of the molecule is CC(CC(=O)O)Nc1cccc(OC(F)(F)F)c1. The van der Waals surface area contributed by atoms with E-state index in [4.69, 9.17) is 5.11 Å². The van der Waals surface area contributed by atoms with Crippen molar-refractivity contribution >= 4 is 11.7 Å². The molecule has 1 rings (SSSR count). The van der Waals surface area contributed by atoms with Gasteiger partial charge in [-0.3, -0.25) is 4.79 Å². The van der Waals surface area contributed by atoms with E-state index in [9.17, 15) is 18.0 Å². The van der Waals surface area contributed by atoms with E-state index in [1.54, 1.807) is 6.92 Å². The largest absolute Gasteiger partial charge is 0.573 e. The predicted molar refractivity (Wildman–Crippen MR) is 58.5 cm³/mol. The highest BCUT2D eigenvalue weighted by Crippen LogP contribution is 2.25. The molecule has 0 aromatic heterocycles. The zero-order chi connectivity index (χ0) is 13.8. The van der Waals surface area contributed by atoms with Crippen molar-refractivity contribution in [3.05, 3.63) is 24.3 Å². The minimum Gasteiger partial charge on any atom is -0.481 e. The number of ether oxygens (including phenoxy) is 1. The first-order valence-electron chi connectivity index (χ1n) is 5.10. The first kappa shape index (κ1) is 14.1. The molecule has 0 aliphatic rings. The monoisotopic (exact) mass is 263 g/mol. The maximum Gasteiger partial charge on any atom is 0.573 e. The molecule has 0 saturated carbocycles. The van der Waals surface area contributed by atoms with Gasteiger partial charge < -0.3 is 15.2 Å². The number of carboxylic acids is 1. The van der Waals surface area contributed by atoms with Crippen LogP contribution in [0, 0.1) is 0 Å². The topological polar surface area (TPSA) is 58.6 Å². The van der Waals surface area contributed by atoms with E-state index < -0.39 is 18.4 Å². The van der Waals surface area contributed by atoms with Crippen molar-refractivity contribution in [3.63, 3.8) is 0 Å². The number of anilines is 1. The second-order valence-corrected chi connectivity index (χ2v) is 3.72. The molecule has 1 atom stereocenters. The van der Waals surface area contributed by atoms with Crippen LogP contribution in [0.15, 0.2) is 24.3 Å². The Balaban J connectivity index is 2.67. The van der Waals surface area contributed by atoms with Crippen LogP contribution >= 0.6 is 0 Å². The van der Waals surface area contributed by atoms with Crippen LogP contribution < -0.4 is 10.1 Å². The van der Waals surface area contributed by atoms with Gasteiger partial charge >= 0.3 is 12.3 Å². The van der Waals surface area contributed by atoms with Gasteiger partial charge in [0.25, 0.3) is 0 Å². The second kappa shape index (κ2) is 5.61. The number of hydrogen-bond acceptors (Lipinski definition) is 3. The van der Waals surface area contributed by atoms with Crippen LogP contribution in [0.25, 0.3) is 0 Å². The van der Waals surface area contributed by atoms with E-state index in [0.717, 1.165) is 6.07 Å². The molecule has 0 saturated heterocycles. The number of halogens is 3. The molecular weight excluding hydrogens is 251 g/mol. The third-order valence-electron chi connectivity index (χ3n) is 1.96. The van der Waals surface area contributed by atoms with E-state index >= 15 is 0 Å². The number of aliphatic carboxylic acids is 1. The number of rotatable bonds is 5. The lowest BCUT2D eigenvalue weighted by Crippen LogP contribution is -2.20. The molecule has 4 nitrogen and oxygen atoms in total. The zero-order valence-corrected chi connectivity index (χ0v) is 9.49. The van der Waals surface area contributed by atoms with E-state index in [-0.39, 0.29) is 12.2 Å². The van der Waals surface area contributed by atoms with Crippen LogP contribution in [0.5, 0.6) is 5.75 Å². The van der Waals surface area contributed by atoms with Gasteiger partial charge in [0.05, 0.1) is 6.42 Å². The Kier molecular flexibility index (Phi) is 4.41. The molecule has 1 aromatic carbocycles. The van der Waals surface area contributed by atoms with Crippen molar-refractivity contribution in [1.29, 1.82) is 0 Å². The number of nitrogens with one attached hydrogen (secondary N) is 1. The van der Waals surface area contributed by atoms with Crippen molar-refractivity contribution < 1.29 is 27.8 Å². The van der Waals surface area contributed by atoms with Gasteiger partial charge in [-0.15, -0.1) is 13.2 Å². The fraction of sp³-hybridized carbons (Fsp3) is 0.364. The van der Waals surface area contributed by atoms with Crippen molar-refractivity contribution in [3.8, 4) is 5.75 Å². The molecule has 2 N–H and O–H groups in total. The Bertz CT molecular complexity index is 420. The van der Waals surface area contributed by atoms with Crippen molar-refractivity contribution in [1.82, 2.24) is 0 Å². The summed E-state index contributed by atoms with van der Waals surface area (Å²) in [7, 11) is 0. The van der Waals surface area contributed by atoms with E-state index in [0.29, 0.717) is 5.69 Å². The third-order valence-corrected chi connectivity index (χ3v) is 1.96. The third kappa shape index (κ3) is 5.42. The Hall–Kier alpha value is -1.92. The normalized spacial score (nSPS) is 12.9. The summed E-state index contributed by atoms with van der Waals surface area (Å²) in [4.78, 5) is 10.4. The molecule has 100 valence electrons. The fourth-order valence-corrected chi connectivity index (χ4v) is 1.38. The molecule has 1 unspecified atom stereocenters. The molecule has 0 aliphatic carbocycles. The van der Waals surface area contributed by atoms with Crippen LogP contribution in [-0.4, -0.2) is 23.5 Å². The van der Waals surface area contributed by atoms with Gasteiger partial charge in [0.15, 0.2) is 0 Å². The van der Waals surface area contributed by atoms with Crippen molar-refractivity contribution in [2.24, 2.45) is 0 Å². The lowest BCUT2D eigenvalue weighted by atomic mass is 10.2. The summed E-state index contributed by atoms with van der Waals surface area (Å²) in [5.74, 6) is -1.34. The maximum atomic E-state index is 12.0. The molecule has 18 heavy (non-hydrogen) atoms. The van der Waals surface area contributed by atoms with E-state index in [1.807, 2.05) is 0 Å². The minimum absolute atomic E-state index is 0.135. The molecule has 7 heteroatoms. The highest BCUT2D eigenvalue weighted by molar-refractivity contribution is 5.68. The summed E-state index contributed by atoms with van der Waals surface area (Å²) in [6.45, 7) is 1.62. The molecule has 0 radical (unpaired) electrons. The molecule has 1 aromatic rings. The smallest absolute Gasteiger partial charge is 0.481 e. The Morgan fingerprint density at radius 2 is 2.17 bits per heavy atom. The molecule has 0 spiro atoms. The van der Waals surface area contributed by atoms with Crippen molar-refractivity contribution in [2.75, 3.05) is 5.32 Å².